The third-order valence-corrected chi connectivity index (χ3v) is 3.63. The van der Waals surface area contributed by atoms with Crippen LogP contribution < -0.4 is 5.32 Å². The van der Waals surface area contributed by atoms with Crippen molar-refractivity contribution < 1.29 is 4.79 Å². The smallest absolute Gasteiger partial charge is 0.253 e. The van der Waals surface area contributed by atoms with E-state index in [0.29, 0.717) is 20.6 Å². The maximum atomic E-state index is 12.2. The number of hydrogen-bond acceptors (Lipinski definition) is 2. The van der Waals surface area contributed by atoms with Crippen molar-refractivity contribution in [3.8, 4) is 6.07 Å². The van der Waals surface area contributed by atoms with Crippen LogP contribution in [-0.4, -0.2) is 5.91 Å². The van der Waals surface area contributed by atoms with Crippen LogP contribution in [0.5, 0.6) is 0 Å². The predicted octanol–water partition coefficient (Wildman–Crippen LogP) is 4.10. The lowest BCUT2D eigenvalue weighted by atomic mass is 10.1. The van der Waals surface area contributed by atoms with Gasteiger partial charge in [-0.2, -0.15) is 5.26 Å². The van der Waals surface area contributed by atoms with Crippen LogP contribution in [0.3, 0.4) is 0 Å². The van der Waals surface area contributed by atoms with Gasteiger partial charge in [-0.3, -0.25) is 4.79 Å². The van der Waals surface area contributed by atoms with E-state index in [0.717, 1.165) is 0 Å². The molecule has 0 heterocycles. The van der Waals surface area contributed by atoms with Gasteiger partial charge in [0.05, 0.1) is 11.6 Å². The average Bonchev–Trinajstić information content (AvgIpc) is 2.45. The summed E-state index contributed by atoms with van der Waals surface area (Å²) in [6, 6.07) is 15.2. The van der Waals surface area contributed by atoms with Crippen LogP contribution in [0.15, 0.2) is 53.0 Å². The summed E-state index contributed by atoms with van der Waals surface area (Å²) in [5.41, 5.74) is 1.13. The fourth-order valence-electron chi connectivity index (χ4n) is 1.73. The van der Waals surface area contributed by atoms with Gasteiger partial charge in [0.2, 0.25) is 0 Å². The number of nitrogens with zero attached hydrogens (tertiary/aromatic N) is 1. The quantitative estimate of drug-likeness (QED) is 0.907. The second kappa shape index (κ2) is 6.56. The normalized spacial score (nSPS) is 11.4. The Labute approximate surface area is 130 Å². The van der Waals surface area contributed by atoms with E-state index in [1.807, 2.05) is 6.07 Å². The first-order chi connectivity index (χ1) is 9.61. The molecule has 0 aliphatic rings. The van der Waals surface area contributed by atoms with Crippen molar-refractivity contribution in [2.75, 3.05) is 0 Å². The minimum absolute atomic E-state index is 0.316. The van der Waals surface area contributed by atoms with Gasteiger partial charge < -0.3 is 5.32 Å². The van der Waals surface area contributed by atoms with Crippen LogP contribution in [0.2, 0.25) is 5.02 Å². The third kappa shape index (κ3) is 3.38. The molecule has 0 saturated carbocycles. The number of nitriles is 1. The molecular weight excluding hydrogens is 340 g/mol. The summed E-state index contributed by atoms with van der Waals surface area (Å²) >= 11 is 9.21. The number of halogens is 2. The molecule has 2 aromatic rings. The van der Waals surface area contributed by atoms with E-state index in [9.17, 15) is 10.1 Å². The maximum Gasteiger partial charge on any atom is 0.253 e. The lowest BCUT2D eigenvalue weighted by Gasteiger charge is -2.13. The van der Waals surface area contributed by atoms with E-state index >= 15 is 0 Å². The minimum Gasteiger partial charge on any atom is -0.332 e. The van der Waals surface area contributed by atoms with E-state index in [-0.39, 0.29) is 5.91 Å². The second-order valence-electron chi connectivity index (χ2n) is 4.07. The molecule has 0 spiro atoms. The van der Waals surface area contributed by atoms with E-state index in [1.165, 1.54) is 0 Å². The van der Waals surface area contributed by atoms with Crippen molar-refractivity contribution in [3.63, 3.8) is 0 Å². The molecular formula is C15H10BrClN2O. The fraction of sp³-hybridized carbons (Fsp3) is 0.0667. The zero-order valence-electron chi connectivity index (χ0n) is 10.3. The number of rotatable bonds is 3. The lowest BCUT2D eigenvalue weighted by molar-refractivity contribution is 0.0944. The molecule has 1 amide bonds. The minimum atomic E-state index is -0.742. The van der Waals surface area contributed by atoms with Crippen molar-refractivity contribution in [2.24, 2.45) is 0 Å². The number of benzene rings is 2. The SMILES string of the molecule is N#C[C@@H](NC(=O)c1ccccc1Br)c1cccc(Cl)c1. The monoisotopic (exact) mass is 348 g/mol. The summed E-state index contributed by atoms with van der Waals surface area (Å²) in [4.78, 5) is 12.2. The first-order valence-electron chi connectivity index (χ1n) is 5.82. The number of nitrogens with one attached hydrogen (secondary N) is 1. The summed E-state index contributed by atoms with van der Waals surface area (Å²) in [5.74, 6) is -0.316. The van der Waals surface area contributed by atoms with Crippen molar-refractivity contribution >= 4 is 33.4 Å². The summed E-state index contributed by atoms with van der Waals surface area (Å²) in [7, 11) is 0. The molecule has 0 fully saturated rings. The average molecular weight is 350 g/mol. The molecule has 2 rings (SSSR count). The molecule has 5 heteroatoms. The van der Waals surface area contributed by atoms with Gasteiger partial charge in [-0.05, 0) is 45.8 Å². The maximum absolute atomic E-state index is 12.2. The van der Waals surface area contributed by atoms with Crippen LogP contribution in [0.4, 0.5) is 0 Å². The van der Waals surface area contributed by atoms with E-state index in [4.69, 9.17) is 11.6 Å². The standard InChI is InChI=1S/C15H10BrClN2O/c16-13-7-2-1-6-12(13)15(20)19-14(9-18)10-4-3-5-11(17)8-10/h1-8,14H,(H,19,20)/t14-/m1/s1. The van der Waals surface area contributed by atoms with Crippen molar-refractivity contribution in [2.45, 2.75) is 6.04 Å². The Hall–Kier alpha value is -1.83. The largest absolute Gasteiger partial charge is 0.332 e. The Balaban J connectivity index is 2.22. The van der Waals surface area contributed by atoms with E-state index in [1.54, 1.807) is 42.5 Å². The highest BCUT2D eigenvalue weighted by molar-refractivity contribution is 9.10. The second-order valence-corrected chi connectivity index (χ2v) is 5.36. The van der Waals surface area contributed by atoms with Gasteiger partial charge in [-0.1, -0.05) is 35.9 Å². The summed E-state index contributed by atoms with van der Waals surface area (Å²) in [5, 5.41) is 12.4. The first-order valence-corrected chi connectivity index (χ1v) is 6.99. The fourth-order valence-corrected chi connectivity index (χ4v) is 2.39. The topological polar surface area (TPSA) is 52.9 Å². The molecule has 0 unspecified atom stereocenters. The van der Waals surface area contributed by atoms with Crippen molar-refractivity contribution in [1.82, 2.24) is 5.32 Å². The van der Waals surface area contributed by atoms with Gasteiger partial charge >= 0.3 is 0 Å². The Bertz CT molecular complexity index is 682. The molecule has 20 heavy (non-hydrogen) atoms. The number of carbonyl (C=O) groups is 1. The van der Waals surface area contributed by atoms with Gasteiger partial charge in [-0.25, -0.2) is 0 Å². The lowest BCUT2D eigenvalue weighted by Crippen LogP contribution is -2.27. The molecule has 0 saturated heterocycles. The number of hydrogen-bond donors (Lipinski definition) is 1. The van der Waals surface area contributed by atoms with Crippen molar-refractivity contribution in [3.05, 3.63) is 69.2 Å². The molecule has 0 bridgehead atoms. The summed E-state index contributed by atoms with van der Waals surface area (Å²) in [6.45, 7) is 0. The van der Waals surface area contributed by atoms with E-state index in [2.05, 4.69) is 27.3 Å². The highest BCUT2D eigenvalue weighted by atomic mass is 79.9. The molecule has 0 radical (unpaired) electrons. The van der Waals surface area contributed by atoms with Gasteiger partial charge in [0, 0.05) is 9.50 Å². The Morgan fingerprint density at radius 1 is 1.25 bits per heavy atom. The van der Waals surface area contributed by atoms with Gasteiger partial charge in [0.25, 0.3) is 5.91 Å². The molecule has 100 valence electrons. The van der Waals surface area contributed by atoms with Crippen molar-refractivity contribution in [1.29, 1.82) is 5.26 Å². The zero-order valence-corrected chi connectivity index (χ0v) is 12.6. The van der Waals surface area contributed by atoms with Crippen LogP contribution in [0.25, 0.3) is 0 Å². The van der Waals surface area contributed by atoms with Crippen LogP contribution in [0, 0.1) is 11.3 Å². The highest BCUT2D eigenvalue weighted by Gasteiger charge is 2.16. The molecule has 3 nitrogen and oxygen atoms in total. The molecule has 0 aromatic heterocycles. The van der Waals surface area contributed by atoms with Gasteiger partial charge in [0.15, 0.2) is 0 Å². The molecule has 0 aliphatic carbocycles. The highest BCUT2D eigenvalue weighted by Crippen LogP contribution is 2.20. The molecule has 2 aromatic carbocycles. The molecule has 1 N–H and O–H groups in total. The van der Waals surface area contributed by atoms with Crippen LogP contribution in [0.1, 0.15) is 22.0 Å². The Kier molecular flexibility index (Phi) is 4.78. The first kappa shape index (κ1) is 14.6. The predicted molar refractivity (Wildman–Crippen MR) is 81.4 cm³/mol. The molecule has 0 aliphatic heterocycles. The van der Waals surface area contributed by atoms with E-state index < -0.39 is 6.04 Å². The molecule has 1 atom stereocenters. The van der Waals surface area contributed by atoms with Crippen LogP contribution in [-0.2, 0) is 0 Å². The summed E-state index contributed by atoms with van der Waals surface area (Å²) < 4.78 is 0.681. The third-order valence-electron chi connectivity index (χ3n) is 2.71. The van der Waals surface area contributed by atoms with Crippen LogP contribution >= 0.6 is 27.5 Å². The number of carbonyl (C=O) groups excluding carboxylic acids is 1. The zero-order chi connectivity index (χ0) is 14.5. The number of amides is 1. The Morgan fingerprint density at radius 2 is 2.00 bits per heavy atom. The van der Waals surface area contributed by atoms with Gasteiger partial charge in [-0.15, -0.1) is 0 Å². The van der Waals surface area contributed by atoms with Gasteiger partial charge in [0.1, 0.15) is 6.04 Å². The Morgan fingerprint density at radius 3 is 2.65 bits per heavy atom. The summed E-state index contributed by atoms with van der Waals surface area (Å²) in [6.07, 6.45) is 0.